The van der Waals surface area contributed by atoms with Crippen molar-refractivity contribution in [1.82, 2.24) is 10.6 Å². The third kappa shape index (κ3) is 5.23. The smallest absolute Gasteiger partial charge is 0.318 e. The van der Waals surface area contributed by atoms with Gasteiger partial charge in [0, 0.05) is 49.2 Å². The molecule has 3 aromatic rings. The van der Waals surface area contributed by atoms with Crippen molar-refractivity contribution < 1.29 is 18.9 Å². The Balaban J connectivity index is 1.57. The molecule has 4 N–H and O–H groups in total. The van der Waals surface area contributed by atoms with Gasteiger partial charge in [-0.05, 0) is 68.5 Å². The predicted molar refractivity (Wildman–Crippen MR) is 162 cm³/mol. The zero-order valence-corrected chi connectivity index (χ0v) is 24.7. The first-order chi connectivity index (χ1) is 19.2. The van der Waals surface area contributed by atoms with E-state index in [1.54, 1.807) is 25.4 Å². The minimum absolute atomic E-state index is 0.0313. The summed E-state index contributed by atoms with van der Waals surface area (Å²) in [6.07, 6.45) is 4.13. The second kappa shape index (κ2) is 10.8. The number of fused-ring (bicyclic) bond motifs is 2. The van der Waals surface area contributed by atoms with E-state index in [9.17, 15) is 9.59 Å². The molecule has 2 aromatic carbocycles. The first-order valence-electron chi connectivity index (χ1n) is 13.6. The zero-order chi connectivity index (χ0) is 28.6. The average Bonchev–Trinajstić information content (AvgIpc) is 3.49. The van der Waals surface area contributed by atoms with Crippen LogP contribution in [0.4, 0.5) is 26.7 Å². The second-order valence-corrected chi connectivity index (χ2v) is 11.8. The monoisotopic (exact) mass is 561 g/mol. The molecule has 0 spiro atoms. The molecule has 0 fully saturated rings. The lowest BCUT2D eigenvalue weighted by molar-refractivity contribution is -0.665. The first-order valence-corrected chi connectivity index (χ1v) is 14.4. The van der Waals surface area contributed by atoms with Gasteiger partial charge in [0.2, 0.25) is 11.4 Å². The Morgan fingerprint density at radius 2 is 1.68 bits per heavy atom. The van der Waals surface area contributed by atoms with Gasteiger partial charge >= 0.3 is 12.1 Å². The summed E-state index contributed by atoms with van der Waals surface area (Å²) in [7, 11) is 3.21. The van der Waals surface area contributed by atoms with Crippen LogP contribution in [-0.4, -0.2) is 32.7 Å². The molecule has 9 nitrogen and oxygen atoms in total. The lowest BCUT2D eigenvalue weighted by Gasteiger charge is -2.31. The number of nitrogens with one attached hydrogen (secondary N) is 4. The molecule has 2 heterocycles. The fourth-order valence-corrected chi connectivity index (χ4v) is 6.71. The number of thiazole rings is 1. The number of ether oxygens (including phenoxy) is 1. The molecule has 0 radical (unpaired) electrons. The number of amides is 4. The summed E-state index contributed by atoms with van der Waals surface area (Å²) >= 11 is 1.78. The van der Waals surface area contributed by atoms with Crippen molar-refractivity contribution >= 4 is 56.3 Å². The van der Waals surface area contributed by atoms with Gasteiger partial charge < -0.3 is 30.9 Å². The van der Waals surface area contributed by atoms with Gasteiger partial charge in [0.05, 0.1) is 5.69 Å². The lowest BCUT2D eigenvalue weighted by atomic mass is 9.75. The number of aryl methyl sites for hydroxylation is 1. The average molecular weight is 562 g/mol. The fourth-order valence-electron chi connectivity index (χ4n) is 5.50. The van der Waals surface area contributed by atoms with Gasteiger partial charge in [-0.1, -0.05) is 25.2 Å². The van der Waals surface area contributed by atoms with E-state index in [4.69, 9.17) is 4.74 Å². The molecule has 1 aromatic heterocycles. The van der Waals surface area contributed by atoms with Gasteiger partial charge in [-0.2, -0.15) is 4.57 Å². The van der Waals surface area contributed by atoms with E-state index in [1.807, 2.05) is 30.3 Å². The SMILES string of the molecule is CCN1C(=C2C=C(c3sc4ccc(NC(=O)NC)cc4[n+]3CC)CC(C)(C)C2)Oc2ccc(NC(=O)NC)cc21. The van der Waals surface area contributed by atoms with Crippen LogP contribution in [0.3, 0.4) is 0 Å². The van der Waals surface area contributed by atoms with Crippen molar-refractivity contribution in [3.05, 3.63) is 58.9 Å². The summed E-state index contributed by atoms with van der Waals surface area (Å²) in [5.74, 6) is 1.63. The molecule has 0 saturated carbocycles. The molecule has 0 saturated heterocycles. The summed E-state index contributed by atoms with van der Waals surface area (Å²) in [5, 5.41) is 12.2. The Hall–Kier alpha value is -4.05. The summed E-state index contributed by atoms with van der Waals surface area (Å²) in [6.45, 7) is 10.4. The maximum atomic E-state index is 11.9. The highest BCUT2D eigenvalue weighted by Gasteiger charge is 2.36. The standard InChI is InChI=1S/C30H36N6O3S/c1-7-35-22-14-20(33-28(37)31-5)9-11-24(22)39-26(35)18-13-19(17-30(3,4)16-18)27-36(8-2)23-15-21(34-29(38)32-6)10-12-25(23)40-27/h9-15H,7-8,16-17H2,1-6H3,(H3-,31,32,33,34,37,38)/p+1. The van der Waals surface area contributed by atoms with Gasteiger partial charge in [-0.3, -0.25) is 0 Å². The van der Waals surface area contributed by atoms with Crippen molar-refractivity contribution in [3.63, 3.8) is 0 Å². The van der Waals surface area contributed by atoms with Gasteiger partial charge in [-0.15, -0.1) is 0 Å². The molecule has 0 atom stereocenters. The molecular formula is C30H37N6O3S+. The molecule has 4 amide bonds. The van der Waals surface area contributed by atoms with Crippen LogP contribution in [0.25, 0.3) is 15.8 Å². The molecule has 5 rings (SSSR count). The molecule has 10 heteroatoms. The highest BCUT2D eigenvalue weighted by atomic mass is 32.1. The number of hydrogen-bond donors (Lipinski definition) is 4. The Morgan fingerprint density at radius 1 is 1.00 bits per heavy atom. The van der Waals surface area contributed by atoms with Crippen LogP contribution in [0.15, 0.2) is 53.9 Å². The van der Waals surface area contributed by atoms with E-state index in [-0.39, 0.29) is 17.5 Å². The van der Waals surface area contributed by atoms with E-state index >= 15 is 0 Å². The summed E-state index contributed by atoms with van der Waals surface area (Å²) in [4.78, 5) is 26.0. The minimum Gasteiger partial charge on any atom is -0.438 e. The van der Waals surface area contributed by atoms with E-state index in [1.165, 1.54) is 15.3 Å². The number of urea groups is 2. The van der Waals surface area contributed by atoms with Crippen molar-refractivity contribution in [1.29, 1.82) is 0 Å². The number of allylic oxidation sites excluding steroid dienone is 3. The van der Waals surface area contributed by atoms with Crippen LogP contribution in [0.5, 0.6) is 5.75 Å². The molecule has 0 unspecified atom stereocenters. The lowest BCUT2D eigenvalue weighted by Crippen LogP contribution is -2.36. The van der Waals surface area contributed by atoms with Crippen LogP contribution in [0.1, 0.15) is 45.5 Å². The maximum Gasteiger partial charge on any atom is 0.318 e. The first kappa shape index (κ1) is 27.5. The number of carbonyl (C=O) groups excluding carboxylic acids is 2. The predicted octanol–water partition coefficient (Wildman–Crippen LogP) is 6.05. The molecule has 40 heavy (non-hydrogen) atoms. The number of nitrogens with zero attached hydrogens (tertiary/aromatic N) is 2. The van der Waals surface area contributed by atoms with Crippen molar-refractivity contribution in [2.45, 2.75) is 47.1 Å². The van der Waals surface area contributed by atoms with Crippen molar-refractivity contribution in [3.8, 4) is 5.75 Å². The van der Waals surface area contributed by atoms with Gasteiger partial charge in [0.25, 0.3) is 5.01 Å². The molecule has 2 aliphatic rings. The van der Waals surface area contributed by atoms with Gasteiger partial charge in [-0.25, -0.2) is 9.59 Å². The number of anilines is 3. The Kier molecular flexibility index (Phi) is 7.46. The number of benzene rings is 2. The van der Waals surface area contributed by atoms with Gasteiger partial charge in [0.1, 0.15) is 11.2 Å². The van der Waals surface area contributed by atoms with E-state index in [2.05, 4.69) is 70.6 Å². The zero-order valence-electron chi connectivity index (χ0n) is 23.9. The largest absolute Gasteiger partial charge is 0.438 e. The number of aromatic nitrogens is 1. The normalized spacial score (nSPS) is 17.6. The summed E-state index contributed by atoms with van der Waals surface area (Å²) in [5.41, 5.74) is 5.99. The minimum atomic E-state index is -0.258. The van der Waals surface area contributed by atoms with Crippen LogP contribution >= 0.6 is 11.3 Å². The van der Waals surface area contributed by atoms with Crippen LogP contribution in [0, 0.1) is 5.41 Å². The quantitative estimate of drug-likeness (QED) is 0.285. The Labute approximate surface area is 238 Å². The van der Waals surface area contributed by atoms with Gasteiger partial charge in [0.15, 0.2) is 5.75 Å². The third-order valence-corrected chi connectivity index (χ3v) is 8.48. The summed E-state index contributed by atoms with van der Waals surface area (Å²) in [6, 6.07) is 11.3. The molecule has 1 aliphatic carbocycles. The molecule has 1 aliphatic heterocycles. The Bertz CT molecular complexity index is 1550. The third-order valence-electron chi connectivity index (χ3n) is 7.24. The van der Waals surface area contributed by atoms with E-state index < -0.39 is 0 Å². The molecular weight excluding hydrogens is 524 g/mol. The van der Waals surface area contributed by atoms with Crippen molar-refractivity contribution in [2.24, 2.45) is 5.41 Å². The fraction of sp³-hybridized carbons (Fsp3) is 0.367. The highest BCUT2D eigenvalue weighted by Crippen LogP contribution is 2.48. The Morgan fingerprint density at radius 3 is 2.33 bits per heavy atom. The molecule has 210 valence electrons. The van der Waals surface area contributed by atoms with E-state index in [0.29, 0.717) is 5.69 Å². The molecule has 0 bridgehead atoms. The topological polar surface area (TPSA) is 98.6 Å². The highest BCUT2D eigenvalue weighted by molar-refractivity contribution is 7.19. The maximum absolute atomic E-state index is 11.9. The van der Waals surface area contributed by atoms with Crippen LogP contribution < -0.4 is 35.5 Å². The van der Waals surface area contributed by atoms with E-state index in [0.717, 1.165) is 60.0 Å². The van der Waals surface area contributed by atoms with Crippen LogP contribution in [0.2, 0.25) is 0 Å². The van der Waals surface area contributed by atoms with Crippen LogP contribution in [-0.2, 0) is 6.54 Å². The number of hydrogen-bond acceptors (Lipinski definition) is 5. The number of carbonyl (C=O) groups is 2. The number of rotatable bonds is 5. The summed E-state index contributed by atoms with van der Waals surface area (Å²) < 4.78 is 9.99. The van der Waals surface area contributed by atoms with Crippen molar-refractivity contribution in [2.75, 3.05) is 36.2 Å². The second-order valence-electron chi connectivity index (χ2n) is 10.8.